The number of urea groups is 1. The lowest BCUT2D eigenvalue weighted by atomic mass is 10.2. The molecule has 0 spiro atoms. The minimum Gasteiger partial charge on any atom is -0.336 e. The molecule has 0 aliphatic heterocycles. The molecule has 3 nitrogen and oxygen atoms in total. The Morgan fingerprint density at radius 3 is 2.50 bits per heavy atom. The minimum absolute atomic E-state index is 0.0568. The van der Waals surface area contributed by atoms with Gasteiger partial charge in [-0.05, 0) is 26.7 Å². The summed E-state index contributed by atoms with van der Waals surface area (Å²) < 4.78 is 0. The monoisotopic (exact) mass is 168 g/mol. The molecule has 0 radical (unpaired) electrons. The summed E-state index contributed by atoms with van der Waals surface area (Å²) in [6.07, 6.45) is 6.12. The third-order valence-electron chi connectivity index (χ3n) is 1.76. The van der Waals surface area contributed by atoms with Gasteiger partial charge in [-0.2, -0.15) is 0 Å². The Kier molecular flexibility index (Phi) is 3.14. The lowest BCUT2D eigenvalue weighted by Crippen LogP contribution is -2.43. The van der Waals surface area contributed by atoms with E-state index in [9.17, 15) is 4.79 Å². The van der Waals surface area contributed by atoms with Gasteiger partial charge in [0.2, 0.25) is 0 Å². The fourth-order valence-corrected chi connectivity index (χ4v) is 1.22. The van der Waals surface area contributed by atoms with Crippen molar-refractivity contribution in [2.75, 3.05) is 0 Å². The van der Waals surface area contributed by atoms with Crippen LogP contribution >= 0.6 is 0 Å². The lowest BCUT2D eigenvalue weighted by Gasteiger charge is -2.14. The summed E-state index contributed by atoms with van der Waals surface area (Å²) in [6, 6.07) is 0.460. The number of carbonyl (C=O) groups excluding carboxylic acids is 1. The molecule has 0 unspecified atom stereocenters. The summed E-state index contributed by atoms with van der Waals surface area (Å²) in [5, 5.41) is 5.69. The molecule has 2 N–H and O–H groups in total. The Bertz CT molecular complexity index is 179. The quantitative estimate of drug-likeness (QED) is 0.601. The van der Waals surface area contributed by atoms with Gasteiger partial charge in [-0.3, -0.25) is 0 Å². The highest BCUT2D eigenvalue weighted by Gasteiger charge is 2.12. The molecule has 0 atom stereocenters. The second-order valence-electron chi connectivity index (χ2n) is 3.41. The molecule has 1 aliphatic rings. The van der Waals surface area contributed by atoms with Crippen molar-refractivity contribution in [3.05, 3.63) is 12.2 Å². The van der Waals surface area contributed by atoms with Crippen molar-refractivity contribution in [2.45, 2.75) is 38.8 Å². The van der Waals surface area contributed by atoms with Gasteiger partial charge in [-0.15, -0.1) is 0 Å². The van der Waals surface area contributed by atoms with Gasteiger partial charge in [0.1, 0.15) is 0 Å². The molecule has 68 valence electrons. The summed E-state index contributed by atoms with van der Waals surface area (Å²) in [5.41, 5.74) is 0. The third kappa shape index (κ3) is 2.95. The zero-order chi connectivity index (χ0) is 8.97. The molecule has 0 aromatic carbocycles. The van der Waals surface area contributed by atoms with Gasteiger partial charge in [0.25, 0.3) is 0 Å². The van der Waals surface area contributed by atoms with Gasteiger partial charge in [0, 0.05) is 12.1 Å². The Labute approximate surface area is 73.2 Å². The third-order valence-corrected chi connectivity index (χ3v) is 1.76. The van der Waals surface area contributed by atoms with Crippen LogP contribution < -0.4 is 10.6 Å². The van der Waals surface area contributed by atoms with Crippen molar-refractivity contribution in [3.63, 3.8) is 0 Å². The van der Waals surface area contributed by atoms with Crippen molar-refractivity contribution >= 4 is 6.03 Å². The zero-order valence-corrected chi connectivity index (χ0v) is 7.63. The van der Waals surface area contributed by atoms with Crippen LogP contribution in [-0.4, -0.2) is 18.1 Å². The summed E-state index contributed by atoms with van der Waals surface area (Å²) in [6.45, 7) is 3.90. The smallest absolute Gasteiger partial charge is 0.315 e. The topological polar surface area (TPSA) is 41.1 Å². The van der Waals surface area contributed by atoms with E-state index in [1.807, 2.05) is 13.8 Å². The van der Waals surface area contributed by atoms with Crippen molar-refractivity contribution in [1.29, 1.82) is 0 Å². The zero-order valence-electron chi connectivity index (χ0n) is 7.63. The van der Waals surface area contributed by atoms with Crippen LogP contribution in [0.4, 0.5) is 4.79 Å². The molecule has 3 heteroatoms. The van der Waals surface area contributed by atoms with Gasteiger partial charge in [-0.25, -0.2) is 4.79 Å². The lowest BCUT2D eigenvalue weighted by molar-refractivity contribution is 0.235. The van der Waals surface area contributed by atoms with Gasteiger partial charge < -0.3 is 10.6 Å². The van der Waals surface area contributed by atoms with E-state index in [0.717, 1.165) is 12.8 Å². The molecular formula is C9H16N2O. The predicted octanol–water partition coefficient (Wildman–Crippen LogP) is 1.41. The molecule has 0 heterocycles. The standard InChI is InChI=1S/C9H16N2O/c1-7(2)10-9(12)11-8-5-3-4-6-8/h3-4,7-8H,5-6H2,1-2H3,(H2,10,11,12). The first-order valence-corrected chi connectivity index (χ1v) is 4.40. The van der Waals surface area contributed by atoms with Crippen LogP contribution in [0, 0.1) is 0 Å². The van der Waals surface area contributed by atoms with Crippen molar-refractivity contribution < 1.29 is 4.79 Å². The first-order chi connectivity index (χ1) is 5.68. The predicted molar refractivity (Wildman–Crippen MR) is 49.0 cm³/mol. The van der Waals surface area contributed by atoms with Gasteiger partial charge in [-0.1, -0.05) is 12.2 Å². The Hall–Kier alpha value is -0.990. The molecule has 1 rings (SSSR count). The molecule has 0 saturated heterocycles. The van der Waals surface area contributed by atoms with E-state index in [1.54, 1.807) is 0 Å². The Morgan fingerprint density at radius 2 is 2.00 bits per heavy atom. The van der Waals surface area contributed by atoms with Crippen LogP contribution in [0.1, 0.15) is 26.7 Å². The van der Waals surface area contributed by atoms with E-state index in [4.69, 9.17) is 0 Å². The molecule has 0 fully saturated rings. The van der Waals surface area contributed by atoms with Crippen molar-refractivity contribution in [1.82, 2.24) is 10.6 Å². The highest BCUT2D eigenvalue weighted by molar-refractivity contribution is 5.74. The number of hydrogen-bond acceptors (Lipinski definition) is 1. The van der Waals surface area contributed by atoms with Crippen LogP contribution in [0.2, 0.25) is 0 Å². The molecule has 0 aromatic heterocycles. The van der Waals surface area contributed by atoms with Gasteiger partial charge >= 0.3 is 6.03 Å². The summed E-state index contributed by atoms with van der Waals surface area (Å²) in [4.78, 5) is 11.2. The SMILES string of the molecule is CC(C)NC(=O)NC1CC=CC1. The van der Waals surface area contributed by atoms with E-state index in [1.165, 1.54) is 0 Å². The van der Waals surface area contributed by atoms with E-state index in [2.05, 4.69) is 22.8 Å². The van der Waals surface area contributed by atoms with Crippen LogP contribution in [0.15, 0.2) is 12.2 Å². The summed E-state index contributed by atoms with van der Waals surface area (Å²) in [7, 11) is 0. The van der Waals surface area contributed by atoms with Gasteiger partial charge in [0.15, 0.2) is 0 Å². The molecule has 2 amide bonds. The maximum atomic E-state index is 11.2. The van der Waals surface area contributed by atoms with Crippen molar-refractivity contribution in [2.24, 2.45) is 0 Å². The highest BCUT2D eigenvalue weighted by atomic mass is 16.2. The normalized spacial score (nSPS) is 16.9. The number of carbonyl (C=O) groups is 1. The second-order valence-corrected chi connectivity index (χ2v) is 3.41. The Morgan fingerprint density at radius 1 is 1.42 bits per heavy atom. The first kappa shape index (κ1) is 9.10. The number of hydrogen-bond donors (Lipinski definition) is 2. The molecule has 1 aliphatic carbocycles. The van der Waals surface area contributed by atoms with Crippen molar-refractivity contribution in [3.8, 4) is 0 Å². The van der Waals surface area contributed by atoms with Crippen LogP contribution in [-0.2, 0) is 0 Å². The molecule has 12 heavy (non-hydrogen) atoms. The molecular weight excluding hydrogens is 152 g/mol. The Balaban J connectivity index is 2.17. The molecule has 0 saturated carbocycles. The van der Waals surface area contributed by atoms with Crippen LogP contribution in [0.5, 0.6) is 0 Å². The largest absolute Gasteiger partial charge is 0.336 e. The average Bonchev–Trinajstić information content (AvgIpc) is 2.37. The molecule has 0 aromatic rings. The highest BCUT2D eigenvalue weighted by Crippen LogP contribution is 2.08. The second kappa shape index (κ2) is 4.14. The van der Waals surface area contributed by atoms with E-state index < -0.39 is 0 Å². The maximum absolute atomic E-state index is 11.2. The maximum Gasteiger partial charge on any atom is 0.315 e. The number of rotatable bonds is 2. The van der Waals surface area contributed by atoms with Gasteiger partial charge in [0.05, 0.1) is 0 Å². The minimum atomic E-state index is -0.0568. The molecule has 0 bridgehead atoms. The fraction of sp³-hybridized carbons (Fsp3) is 0.667. The first-order valence-electron chi connectivity index (χ1n) is 4.40. The van der Waals surface area contributed by atoms with Crippen LogP contribution in [0.3, 0.4) is 0 Å². The summed E-state index contributed by atoms with van der Waals surface area (Å²) >= 11 is 0. The van der Waals surface area contributed by atoms with Crippen LogP contribution in [0.25, 0.3) is 0 Å². The summed E-state index contributed by atoms with van der Waals surface area (Å²) in [5.74, 6) is 0. The van der Waals surface area contributed by atoms with E-state index in [-0.39, 0.29) is 12.1 Å². The number of amides is 2. The van der Waals surface area contributed by atoms with E-state index in [0.29, 0.717) is 6.04 Å². The fourth-order valence-electron chi connectivity index (χ4n) is 1.22. The van der Waals surface area contributed by atoms with E-state index >= 15 is 0 Å². The average molecular weight is 168 g/mol. The number of nitrogens with one attached hydrogen (secondary N) is 2.